The van der Waals surface area contributed by atoms with Crippen LogP contribution in [0.15, 0.2) is 24.5 Å². The van der Waals surface area contributed by atoms with Gasteiger partial charge in [0.1, 0.15) is 0 Å². The van der Waals surface area contributed by atoms with Crippen molar-refractivity contribution in [2.75, 3.05) is 6.54 Å². The molecule has 0 unspecified atom stereocenters. The van der Waals surface area contributed by atoms with Gasteiger partial charge in [0, 0.05) is 17.9 Å². The molecule has 0 aliphatic rings. The average molecular weight is 207 g/mol. The molecule has 0 spiro atoms. The summed E-state index contributed by atoms with van der Waals surface area (Å²) in [6, 6.07) is 3.88. The van der Waals surface area contributed by atoms with Crippen molar-refractivity contribution in [2.45, 2.75) is 25.8 Å². The van der Waals surface area contributed by atoms with Crippen LogP contribution in [0.5, 0.6) is 0 Å². The molecule has 0 atom stereocenters. The number of nitrogens with two attached hydrogens (primary N) is 1. The summed E-state index contributed by atoms with van der Waals surface area (Å²) >= 11 is 0. The normalized spacial score (nSPS) is 11.1. The maximum absolute atomic E-state index is 11.2. The molecule has 3 N–H and O–H groups in total. The fourth-order valence-corrected chi connectivity index (χ4v) is 1.48. The molecule has 1 aromatic heterocycles. The second-order valence-electron chi connectivity index (χ2n) is 4.17. The first-order valence-corrected chi connectivity index (χ1v) is 4.93. The average Bonchev–Trinajstić information content (AvgIpc) is 2.17. The van der Waals surface area contributed by atoms with Crippen molar-refractivity contribution in [1.29, 1.82) is 0 Å². The van der Waals surface area contributed by atoms with Crippen LogP contribution >= 0.6 is 0 Å². The number of nitrogens with zero attached hydrogens (tertiary/aromatic N) is 1. The van der Waals surface area contributed by atoms with Gasteiger partial charge in [-0.2, -0.15) is 0 Å². The topological polar surface area (TPSA) is 68.0 Å². The predicted molar refractivity (Wildman–Crippen MR) is 59.2 cm³/mol. The van der Waals surface area contributed by atoms with Crippen molar-refractivity contribution in [3.8, 4) is 0 Å². The van der Waals surface area contributed by atoms with E-state index in [0.29, 0.717) is 0 Å². The lowest BCUT2D eigenvalue weighted by atomic mass is 9.95. The molecule has 0 aromatic carbocycles. The number of rotatable bonds is 4. The standard InChI is InChI=1S/C11H17N3O/c1-11(2,14-10(15)8-12)7-9-3-5-13-6-4-9/h3-6H,7-8,12H2,1-2H3,(H,14,15). The summed E-state index contributed by atoms with van der Waals surface area (Å²) in [5.41, 5.74) is 6.12. The van der Waals surface area contributed by atoms with E-state index >= 15 is 0 Å². The number of nitrogens with one attached hydrogen (secondary N) is 1. The van der Waals surface area contributed by atoms with Crippen LogP contribution in [0.3, 0.4) is 0 Å². The lowest BCUT2D eigenvalue weighted by Gasteiger charge is -2.26. The van der Waals surface area contributed by atoms with Crippen LogP contribution in [0.4, 0.5) is 0 Å². The number of hydrogen-bond donors (Lipinski definition) is 2. The number of hydrogen-bond acceptors (Lipinski definition) is 3. The molecule has 0 saturated carbocycles. The van der Waals surface area contributed by atoms with Crippen LogP contribution in [-0.2, 0) is 11.2 Å². The molecule has 1 aromatic rings. The monoisotopic (exact) mass is 207 g/mol. The number of carbonyl (C=O) groups is 1. The van der Waals surface area contributed by atoms with Crippen molar-refractivity contribution in [1.82, 2.24) is 10.3 Å². The van der Waals surface area contributed by atoms with Gasteiger partial charge < -0.3 is 11.1 Å². The first-order valence-electron chi connectivity index (χ1n) is 4.93. The molecule has 0 fully saturated rings. The van der Waals surface area contributed by atoms with Crippen LogP contribution in [-0.4, -0.2) is 23.0 Å². The molecule has 4 nitrogen and oxygen atoms in total. The van der Waals surface area contributed by atoms with Gasteiger partial charge in [-0.3, -0.25) is 9.78 Å². The summed E-state index contributed by atoms with van der Waals surface area (Å²) < 4.78 is 0. The summed E-state index contributed by atoms with van der Waals surface area (Å²) in [6.45, 7) is 3.97. The van der Waals surface area contributed by atoms with E-state index in [9.17, 15) is 4.79 Å². The molecule has 15 heavy (non-hydrogen) atoms. The maximum Gasteiger partial charge on any atom is 0.234 e. The highest BCUT2D eigenvalue weighted by atomic mass is 16.1. The molecule has 0 aliphatic heterocycles. The Morgan fingerprint density at radius 1 is 1.47 bits per heavy atom. The number of carbonyl (C=O) groups excluding carboxylic acids is 1. The molecular formula is C11H17N3O. The van der Waals surface area contributed by atoms with Gasteiger partial charge in [0.15, 0.2) is 0 Å². The SMILES string of the molecule is CC(C)(Cc1ccncc1)NC(=O)CN. The molecule has 0 bridgehead atoms. The van der Waals surface area contributed by atoms with Gasteiger partial charge in [0.05, 0.1) is 6.54 Å². The van der Waals surface area contributed by atoms with E-state index in [0.717, 1.165) is 12.0 Å². The third-order valence-electron chi connectivity index (χ3n) is 2.06. The minimum absolute atomic E-state index is 0.0276. The van der Waals surface area contributed by atoms with E-state index in [4.69, 9.17) is 5.73 Å². The van der Waals surface area contributed by atoms with Crippen LogP contribution in [0.2, 0.25) is 0 Å². The fraction of sp³-hybridized carbons (Fsp3) is 0.455. The Hall–Kier alpha value is -1.42. The van der Waals surface area contributed by atoms with Crippen molar-refractivity contribution < 1.29 is 4.79 Å². The summed E-state index contributed by atoms with van der Waals surface area (Å²) in [5.74, 6) is -0.131. The van der Waals surface area contributed by atoms with Crippen LogP contribution in [0, 0.1) is 0 Å². The van der Waals surface area contributed by atoms with Crippen LogP contribution < -0.4 is 11.1 Å². The molecule has 4 heteroatoms. The molecular weight excluding hydrogens is 190 g/mol. The zero-order chi connectivity index (χ0) is 11.3. The Bertz CT molecular complexity index is 322. The van der Waals surface area contributed by atoms with E-state index in [1.165, 1.54) is 0 Å². The van der Waals surface area contributed by atoms with Gasteiger partial charge in [-0.25, -0.2) is 0 Å². The van der Waals surface area contributed by atoms with E-state index in [1.54, 1.807) is 12.4 Å². The Balaban J connectivity index is 2.60. The van der Waals surface area contributed by atoms with Gasteiger partial charge in [-0.05, 0) is 38.0 Å². The minimum atomic E-state index is -0.280. The number of pyridine rings is 1. The van der Waals surface area contributed by atoms with Crippen LogP contribution in [0.25, 0.3) is 0 Å². The third kappa shape index (κ3) is 4.08. The highest BCUT2D eigenvalue weighted by Crippen LogP contribution is 2.11. The van der Waals surface area contributed by atoms with Crippen LogP contribution in [0.1, 0.15) is 19.4 Å². The Labute approximate surface area is 89.9 Å². The van der Waals surface area contributed by atoms with Gasteiger partial charge in [-0.1, -0.05) is 0 Å². The molecule has 1 rings (SSSR count). The maximum atomic E-state index is 11.2. The van der Waals surface area contributed by atoms with Crippen molar-refractivity contribution in [2.24, 2.45) is 5.73 Å². The van der Waals surface area contributed by atoms with Crippen molar-refractivity contribution >= 4 is 5.91 Å². The quantitative estimate of drug-likeness (QED) is 0.754. The number of amides is 1. The predicted octanol–water partition coefficient (Wildman–Crippen LogP) is 0.478. The van der Waals surface area contributed by atoms with Crippen molar-refractivity contribution in [3.63, 3.8) is 0 Å². The summed E-state index contributed by atoms with van der Waals surface area (Å²) in [5, 5.41) is 2.87. The summed E-state index contributed by atoms with van der Waals surface area (Å²) in [7, 11) is 0. The lowest BCUT2D eigenvalue weighted by Crippen LogP contribution is -2.47. The van der Waals surface area contributed by atoms with E-state index in [1.807, 2.05) is 26.0 Å². The minimum Gasteiger partial charge on any atom is -0.350 e. The molecule has 1 amide bonds. The zero-order valence-electron chi connectivity index (χ0n) is 9.16. The van der Waals surface area contributed by atoms with Crippen molar-refractivity contribution in [3.05, 3.63) is 30.1 Å². The third-order valence-corrected chi connectivity index (χ3v) is 2.06. The largest absolute Gasteiger partial charge is 0.350 e. The molecule has 1 heterocycles. The van der Waals surface area contributed by atoms with E-state index in [-0.39, 0.29) is 18.0 Å². The second-order valence-corrected chi connectivity index (χ2v) is 4.17. The highest BCUT2D eigenvalue weighted by Gasteiger charge is 2.19. The highest BCUT2D eigenvalue weighted by molar-refractivity contribution is 5.78. The van der Waals surface area contributed by atoms with E-state index in [2.05, 4.69) is 10.3 Å². The molecule has 0 saturated heterocycles. The van der Waals surface area contributed by atoms with Gasteiger partial charge in [0.25, 0.3) is 0 Å². The summed E-state index contributed by atoms with van der Waals surface area (Å²) in [6.07, 6.45) is 4.26. The van der Waals surface area contributed by atoms with E-state index < -0.39 is 0 Å². The number of aromatic nitrogens is 1. The second kappa shape index (κ2) is 4.89. The Morgan fingerprint density at radius 3 is 2.60 bits per heavy atom. The fourth-order valence-electron chi connectivity index (χ4n) is 1.48. The first-order chi connectivity index (χ1) is 7.03. The van der Waals surface area contributed by atoms with Gasteiger partial charge in [-0.15, -0.1) is 0 Å². The smallest absolute Gasteiger partial charge is 0.234 e. The summed E-state index contributed by atoms with van der Waals surface area (Å²) in [4.78, 5) is 15.1. The molecule has 82 valence electrons. The first kappa shape index (κ1) is 11.7. The zero-order valence-corrected chi connectivity index (χ0v) is 9.16. The Kier molecular flexibility index (Phi) is 3.80. The molecule has 0 radical (unpaired) electrons. The van der Waals surface area contributed by atoms with Gasteiger partial charge >= 0.3 is 0 Å². The molecule has 0 aliphatic carbocycles. The Morgan fingerprint density at radius 2 is 2.07 bits per heavy atom. The lowest BCUT2D eigenvalue weighted by molar-refractivity contribution is -0.121. The van der Waals surface area contributed by atoms with Gasteiger partial charge in [0.2, 0.25) is 5.91 Å².